The summed E-state index contributed by atoms with van der Waals surface area (Å²) in [7, 11) is 0. The van der Waals surface area contributed by atoms with Crippen LogP contribution in [0.2, 0.25) is 0 Å². The van der Waals surface area contributed by atoms with Crippen LogP contribution in [0, 0.1) is 5.92 Å². The molecule has 0 aromatic heterocycles. The fourth-order valence-electron chi connectivity index (χ4n) is 3.26. The van der Waals surface area contributed by atoms with Gasteiger partial charge in [0.05, 0.1) is 6.10 Å². The summed E-state index contributed by atoms with van der Waals surface area (Å²) in [5, 5.41) is 3.50. The average molecular weight is 259 g/mol. The highest BCUT2D eigenvalue weighted by Crippen LogP contribution is 2.45. The van der Waals surface area contributed by atoms with E-state index in [0.717, 1.165) is 25.6 Å². The number of benzene rings is 1. The summed E-state index contributed by atoms with van der Waals surface area (Å²) in [6, 6.07) is 8.96. The van der Waals surface area contributed by atoms with Crippen molar-refractivity contribution < 1.29 is 4.74 Å². The molecule has 2 fully saturated rings. The molecule has 1 heterocycles. The van der Waals surface area contributed by atoms with Crippen LogP contribution in [-0.4, -0.2) is 19.7 Å². The highest BCUT2D eigenvalue weighted by molar-refractivity contribution is 5.35. The molecule has 19 heavy (non-hydrogen) atoms. The van der Waals surface area contributed by atoms with Gasteiger partial charge in [0.1, 0.15) is 0 Å². The average Bonchev–Trinajstić information content (AvgIpc) is 3.30. The highest BCUT2D eigenvalue weighted by atomic mass is 16.5. The minimum absolute atomic E-state index is 0.310. The third kappa shape index (κ3) is 3.01. The van der Waals surface area contributed by atoms with Crippen LogP contribution in [0.25, 0.3) is 0 Å². The Hall–Kier alpha value is -0.860. The zero-order chi connectivity index (χ0) is 13.1. The van der Waals surface area contributed by atoms with Gasteiger partial charge in [-0.25, -0.2) is 0 Å². The Balaban J connectivity index is 1.81. The van der Waals surface area contributed by atoms with Crippen molar-refractivity contribution in [3.8, 4) is 0 Å². The van der Waals surface area contributed by atoms with Crippen LogP contribution in [0.4, 0.5) is 0 Å². The van der Waals surface area contributed by atoms with Crippen molar-refractivity contribution in [2.75, 3.05) is 19.7 Å². The standard InChI is InChI=1S/C17H25NO/c1-2-18-12-14-6-5-11-19-17(14)16-8-4-3-7-15(16)13-9-10-13/h3-4,7-8,13-14,17-18H,2,5-6,9-12H2,1H3. The first-order chi connectivity index (χ1) is 9.40. The molecule has 0 amide bonds. The summed E-state index contributed by atoms with van der Waals surface area (Å²) in [4.78, 5) is 0. The van der Waals surface area contributed by atoms with Gasteiger partial charge in [-0.05, 0) is 49.3 Å². The Bertz CT molecular complexity index is 413. The minimum atomic E-state index is 0.310. The van der Waals surface area contributed by atoms with Gasteiger partial charge in [-0.3, -0.25) is 0 Å². The largest absolute Gasteiger partial charge is 0.373 e. The Kier molecular flexibility index (Phi) is 4.19. The second kappa shape index (κ2) is 6.06. The Morgan fingerprint density at radius 1 is 1.16 bits per heavy atom. The smallest absolute Gasteiger partial charge is 0.0867 e. The number of nitrogens with one attached hydrogen (secondary N) is 1. The van der Waals surface area contributed by atoms with E-state index in [1.54, 1.807) is 5.56 Å². The van der Waals surface area contributed by atoms with E-state index in [0.29, 0.717) is 12.0 Å². The summed E-state index contributed by atoms with van der Waals surface area (Å²) in [5.74, 6) is 1.44. The van der Waals surface area contributed by atoms with Gasteiger partial charge < -0.3 is 10.1 Å². The van der Waals surface area contributed by atoms with E-state index < -0.39 is 0 Å². The van der Waals surface area contributed by atoms with Crippen LogP contribution in [0.1, 0.15) is 55.8 Å². The van der Waals surface area contributed by atoms with Crippen molar-refractivity contribution in [3.05, 3.63) is 35.4 Å². The van der Waals surface area contributed by atoms with Gasteiger partial charge in [0.25, 0.3) is 0 Å². The Morgan fingerprint density at radius 2 is 1.95 bits per heavy atom. The maximum absolute atomic E-state index is 6.15. The van der Waals surface area contributed by atoms with Gasteiger partial charge in [0.15, 0.2) is 0 Å². The molecule has 0 spiro atoms. The van der Waals surface area contributed by atoms with Crippen molar-refractivity contribution >= 4 is 0 Å². The van der Waals surface area contributed by atoms with Crippen LogP contribution < -0.4 is 5.32 Å². The molecule has 2 atom stereocenters. The first-order valence-corrected chi connectivity index (χ1v) is 7.81. The van der Waals surface area contributed by atoms with Crippen molar-refractivity contribution in [2.45, 2.75) is 44.6 Å². The second-order valence-electron chi connectivity index (χ2n) is 5.90. The van der Waals surface area contributed by atoms with E-state index in [-0.39, 0.29) is 0 Å². The van der Waals surface area contributed by atoms with E-state index >= 15 is 0 Å². The topological polar surface area (TPSA) is 21.3 Å². The zero-order valence-electron chi connectivity index (χ0n) is 11.9. The van der Waals surface area contributed by atoms with Gasteiger partial charge >= 0.3 is 0 Å². The normalized spacial score (nSPS) is 27.4. The molecule has 1 aromatic carbocycles. The van der Waals surface area contributed by atoms with E-state index in [4.69, 9.17) is 4.74 Å². The third-order valence-electron chi connectivity index (χ3n) is 4.42. The predicted molar refractivity (Wildman–Crippen MR) is 78.4 cm³/mol. The molecule has 3 rings (SSSR count). The number of rotatable bonds is 5. The van der Waals surface area contributed by atoms with Crippen molar-refractivity contribution in [2.24, 2.45) is 5.92 Å². The van der Waals surface area contributed by atoms with Crippen LogP contribution in [0.5, 0.6) is 0 Å². The molecule has 0 radical (unpaired) electrons. The maximum Gasteiger partial charge on any atom is 0.0867 e. The Morgan fingerprint density at radius 3 is 2.68 bits per heavy atom. The fourth-order valence-corrected chi connectivity index (χ4v) is 3.26. The van der Waals surface area contributed by atoms with Gasteiger partial charge in [-0.1, -0.05) is 31.2 Å². The molecule has 104 valence electrons. The first kappa shape index (κ1) is 13.1. The minimum Gasteiger partial charge on any atom is -0.373 e. The molecule has 1 aromatic rings. The summed E-state index contributed by atoms with van der Waals surface area (Å²) in [5.41, 5.74) is 3.02. The first-order valence-electron chi connectivity index (χ1n) is 7.81. The molecular weight excluding hydrogens is 234 g/mol. The SMILES string of the molecule is CCNCC1CCCOC1c1ccccc1C1CC1. The van der Waals surface area contributed by atoms with E-state index in [9.17, 15) is 0 Å². The number of hydrogen-bond donors (Lipinski definition) is 1. The fraction of sp³-hybridized carbons (Fsp3) is 0.647. The molecule has 2 heteroatoms. The second-order valence-corrected chi connectivity index (χ2v) is 5.90. The lowest BCUT2D eigenvalue weighted by Crippen LogP contribution is -2.32. The molecule has 2 unspecified atom stereocenters. The van der Waals surface area contributed by atoms with Crippen LogP contribution in [0.3, 0.4) is 0 Å². The van der Waals surface area contributed by atoms with E-state index in [1.807, 2.05) is 0 Å². The van der Waals surface area contributed by atoms with Gasteiger partial charge in [-0.2, -0.15) is 0 Å². The molecule has 1 saturated carbocycles. The maximum atomic E-state index is 6.15. The monoisotopic (exact) mass is 259 g/mol. The molecule has 2 nitrogen and oxygen atoms in total. The predicted octanol–water partition coefficient (Wildman–Crippen LogP) is 3.64. The van der Waals surface area contributed by atoms with Crippen molar-refractivity contribution in [3.63, 3.8) is 0 Å². The lowest BCUT2D eigenvalue weighted by Gasteiger charge is -2.33. The van der Waals surface area contributed by atoms with Gasteiger partial charge in [0, 0.05) is 19.1 Å². The molecule has 0 bridgehead atoms. The molecule has 1 aliphatic heterocycles. The number of ether oxygens (including phenoxy) is 1. The van der Waals surface area contributed by atoms with Crippen molar-refractivity contribution in [1.82, 2.24) is 5.32 Å². The van der Waals surface area contributed by atoms with Crippen LogP contribution in [-0.2, 0) is 4.74 Å². The highest BCUT2D eigenvalue weighted by Gasteiger charge is 2.33. The summed E-state index contributed by atoms with van der Waals surface area (Å²) in [6.07, 6.45) is 5.53. The van der Waals surface area contributed by atoms with Crippen LogP contribution in [0.15, 0.2) is 24.3 Å². The van der Waals surface area contributed by atoms with E-state index in [1.165, 1.54) is 31.2 Å². The molecule has 1 saturated heterocycles. The quantitative estimate of drug-likeness (QED) is 0.871. The molecule has 1 aliphatic carbocycles. The lowest BCUT2D eigenvalue weighted by atomic mass is 9.86. The van der Waals surface area contributed by atoms with Gasteiger partial charge in [0.2, 0.25) is 0 Å². The Labute approximate surface area is 116 Å². The lowest BCUT2D eigenvalue weighted by molar-refractivity contribution is -0.0281. The third-order valence-corrected chi connectivity index (χ3v) is 4.42. The van der Waals surface area contributed by atoms with Crippen LogP contribution >= 0.6 is 0 Å². The van der Waals surface area contributed by atoms with Crippen molar-refractivity contribution in [1.29, 1.82) is 0 Å². The molecule has 1 N–H and O–H groups in total. The summed E-state index contributed by atoms with van der Waals surface area (Å²) < 4.78 is 6.15. The molecule has 2 aliphatic rings. The molecular formula is C17H25NO. The summed E-state index contributed by atoms with van der Waals surface area (Å²) in [6.45, 7) is 5.23. The summed E-state index contributed by atoms with van der Waals surface area (Å²) >= 11 is 0. The van der Waals surface area contributed by atoms with Gasteiger partial charge in [-0.15, -0.1) is 0 Å². The number of hydrogen-bond acceptors (Lipinski definition) is 2. The van der Waals surface area contributed by atoms with E-state index in [2.05, 4.69) is 36.5 Å². The zero-order valence-corrected chi connectivity index (χ0v) is 11.9.